The first-order valence-corrected chi connectivity index (χ1v) is 11.9. The lowest BCUT2D eigenvalue weighted by Crippen LogP contribution is -2.42. The number of sulfonamides is 1. The molecule has 29 heavy (non-hydrogen) atoms. The largest absolute Gasteiger partial charge is 0.352 e. The topological polar surface area (TPSA) is 86.8 Å². The first kappa shape index (κ1) is 21.8. The standard InChI is InChI=1S/C21H31N3O4S/c1-16-12-17(2)15-24(14-16)29(27,28)19-7-5-6-18(13-19)21(26)22-9-8-20(25)23-10-3-4-11-23/h5-7,13,16-17H,3-4,8-12,14-15H2,1-2H3,(H,22,26). The lowest BCUT2D eigenvalue weighted by Gasteiger charge is -2.34. The molecule has 0 radical (unpaired) electrons. The fourth-order valence-corrected chi connectivity index (χ4v) is 5.98. The fourth-order valence-electron chi connectivity index (χ4n) is 4.26. The van der Waals surface area contributed by atoms with Gasteiger partial charge in [-0.2, -0.15) is 4.31 Å². The second-order valence-corrected chi connectivity index (χ2v) is 10.3. The van der Waals surface area contributed by atoms with Gasteiger partial charge in [-0.05, 0) is 49.3 Å². The molecule has 160 valence electrons. The van der Waals surface area contributed by atoms with Crippen LogP contribution in [0.25, 0.3) is 0 Å². The van der Waals surface area contributed by atoms with E-state index in [0.717, 1.165) is 32.4 Å². The number of carbonyl (C=O) groups excluding carboxylic acids is 2. The van der Waals surface area contributed by atoms with E-state index in [-0.39, 0.29) is 35.2 Å². The molecule has 2 aliphatic heterocycles. The minimum absolute atomic E-state index is 0.0486. The average Bonchev–Trinajstić information content (AvgIpc) is 3.22. The summed E-state index contributed by atoms with van der Waals surface area (Å²) in [5, 5.41) is 2.73. The number of nitrogens with one attached hydrogen (secondary N) is 1. The third-order valence-electron chi connectivity index (χ3n) is 5.65. The van der Waals surface area contributed by atoms with Crippen LogP contribution in [0.4, 0.5) is 0 Å². The van der Waals surface area contributed by atoms with Crippen LogP contribution in [0.5, 0.6) is 0 Å². The predicted molar refractivity (Wildman–Crippen MR) is 111 cm³/mol. The second-order valence-electron chi connectivity index (χ2n) is 8.39. The molecule has 1 aromatic rings. The van der Waals surface area contributed by atoms with Crippen LogP contribution in [-0.4, -0.2) is 62.2 Å². The van der Waals surface area contributed by atoms with Gasteiger partial charge in [-0.25, -0.2) is 8.42 Å². The minimum Gasteiger partial charge on any atom is -0.352 e. The Bertz CT molecular complexity index is 839. The van der Waals surface area contributed by atoms with Crippen molar-refractivity contribution in [2.45, 2.75) is 44.4 Å². The second kappa shape index (κ2) is 9.26. The van der Waals surface area contributed by atoms with E-state index < -0.39 is 10.0 Å². The van der Waals surface area contributed by atoms with Gasteiger partial charge in [-0.3, -0.25) is 9.59 Å². The Labute approximate surface area is 173 Å². The van der Waals surface area contributed by atoms with Crippen LogP contribution in [0.15, 0.2) is 29.2 Å². The summed E-state index contributed by atoms with van der Waals surface area (Å²) < 4.78 is 27.6. The first-order chi connectivity index (χ1) is 13.8. The normalized spacial score (nSPS) is 23.2. The highest BCUT2D eigenvalue weighted by Gasteiger charge is 2.32. The van der Waals surface area contributed by atoms with Gasteiger partial charge in [0.05, 0.1) is 4.90 Å². The van der Waals surface area contributed by atoms with Gasteiger partial charge in [0.15, 0.2) is 0 Å². The summed E-state index contributed by atoms with van der Waals surface area (Å²) >= 11 is 0. The molecule has 8 heteroatoms. The molecular weight excluding hydrogens is 390 g/mol. The number of hydrogen-bond acceptors (Lipinski definition) is 4. The molecule has 0 spiro atoms. The molecule has 1 aromatic carbocycles. The summed E-state index contributed by atoms with van der Waals surface area (Å²) in [7, 11) is -3.64. The van der Waals surface area contributed by atoms with Gasteiger partial charge >= 0.3 is 0 Å². The highest BCUT2D eigenvalue weighted by atomic mass is 32.2. The van der Waals surface area contributed by atoms with Gasteiger partial charge in [-0.15, -0.1) is 0 Å². The molecule has 1 N–H and O–H groups in total. The van der Waals surface area contributed by atoms with Crippen LogP contribution < -0.4 is 5.32 Å². The lowest BCUT2D eigenvalue weighted by molar-refractivity contribution is -0.129. The summed E-state index contributed by atoms with van der Waals surface area (Å²) in [5.41, 5.74) is 0.290. The maximum Gasteiger partial charge on any atom is 0.251 e. The highest BCUT2D eigenvalue weighted by Crippen LogP contribution is 2.27. The van der Waals surface area contributed by atoms with Crippen LogP contribution in [0.1, 0.15) is 49.9 Å². The van der Waals surface area contributed by atoms with Crippen molar-refractivity contribution in [3.63, 3.8) is 0 Å². The fraction of sp³-hybridized carbons (Fsp3) is 0.619. The number of hydrogen-bond donors (Lipinski definition) is 1. The van der Waals surface area contributed by atoms with Crippen molar-refractivity contribution < 1.29 is 18.0 Å². The van der Waals surface area contributed by atoms with Crippen molar-refractivity contribution in [1.82, 2.24) is 14.5 Å². The number of nitrogens with zero attached hydrogens (tertiary/aromatic N) is 2. The summed E-state index contributed by atoms with van der Waals surface area (Å²) in [5.74, 6) is 0.311. The van der Waals surface area contributed by atoms with Gasteiger partial charge < -0.3 is 10.2 Å². The number of likely N-dealkylation sites (tertiary alicyclic amines) is 1. The van der Waals surface area contributed by atoms with Crippen molar-refractivity contribution in [3.8, 4) is 0 Å². The molecule has 2 unspecified atom stereocenters. The van der Waals surface area contributed by atoms with E-state index in [1.807, 2.05) is 4.90 Å². The van der Waals surface area contributed by atoms with Crippen molar-refractivity contribution >= 4 is 21.8 Å². The highest BCUT2D eigenvalue weighted by molar-refractivity contribution is 7.89. The number of piperidine rings is 1. The van der Waals surface area contributed by atoms with Crippen LogP contribution in [0.2, 0.25) is 0 Å². The lowest BCUT2D eigenvalue weighted by atomic mass is 9.94. The number of carbonyl (C=O) groups is 2. The third-order valence-corrected chi connectivity index (χ3v) is 7.48. The van der Waals surface area contributed by atoms with Crippen molar-refractivity contribution in [2.75, 3.05) is 32.7 Å². The Morgan fingerprint density at radius 2 is 1.76 bits per heavy atom. The zero-order valence-electron chi connectivity index (χ0n) is 17.3. The number of benzene rings is 1. The monoisotopic (exact) mass is 421 g/mol. The molecule has 2 fully saturated rings. The Balaban J connectivity index is 1.62. The van der Waals surface area contributed by atoms with Crippen molar-refractivity contribution in [1.29, 1.82) is 0 Å². The molecule has 0 aromatic heterocycles. The maximum absolute atomic E-state index is 13.0. The van der Waals surface area contributed by atoms with Gasteiger partial charge in [0.2, 0.25) is 15.9 Å². The van der Waals surface area contributed by atoms with Gasteiger partial charge in [0, 0.05) is 44.7 Å². The SMILES string of the molecule is CC1CC(C)CN(S(=O)(=O)c2cccc(C(=O)NCCC(=O)N3CCCC3)c2)C1. The molecule has 2 atom stereocenters. The van der Waals surface area contributed by atoms with Crippen molar-refractivity contribution in [2.24, 2.45) is 11.8 Å². The van der Waals surface area contributed by atoms with E-state index in [2.05, 4.69) is 19.2 Å². The van der Waals surface area contributed by atoms with Gasteiger partial charge in [-0.1, -0.05) is 19.9 Å². The molecule has 0 aliphatic carbocycles. The first-order valence-electron chi connectivity index (χ1n) is 10.4. The Morgan fingerprint density at radius 1 is 1.10 bits per heavy atom. The van der Waals surface area contributed by atoms with E-state index in [9.17, 15) is 18.0 Å². The van der Waals surface area contributed by atoms with Crippen LogP contribution in [0.3, 0.4) is 0 Å². The molecule has 3 rings (SSSR count). The quantitative estimate of drug-likeness (QED) is 0.762. The Morgan fingerprint density at radius 3 is 2.41 bits per heavy atom. The van der Waals surface area contributed by atoms with Gasteiger partial charge in [0.25, 0.3) is 5.91 Å². The zero-order valence-corrected chi connectivity index (χ0v) is 18.1. The van der Waals surface area contributed by atoms with Crippen LogP contribution >= 0.6 is 0 Å². The average molecular weight is 422 g/mol. The Kier molecular flexibility index (Phi) is 6.95. The molecule has 2 amide bonds. The molecule has 2 aliphatic rings. The number of rotatable bonds is 6. The van der Waals surface area contributed by atoms with E-state index in [1.54, 1.807) is 12.1 Å². The summed E-state index contributed by atoms with van der Waals surface area (Å²) in [6.07, 6.45) is 3.35. The van der Waals surface area contributed by atoms with E-state index in [1.165, 1.54) is 16.4 Å². The molecule has 0 saturated carbocycles. The van der Waals surface area contributed by atoms with Crippen LogP contribution in [-0.2, 0) is 14.8 Å². The van der Waals surface area contributed by atoms with E-state index in [4.69, 9.17) is 0 Å². The Hall–Kier alpha value is -1.93. The summed E-state index contributed by atoms with van der Waals surface area (Å²) in [4.78, 5) is 26.5. The smallest absolute Gasteiger partial charge is 0.251 e. The van der Waals surface area contributed by atoms with E-state index in [0.29, 0.717) is 24.9 Å². The zero-order chi connectivity index (χ0) is 21.0. The molecule has 7 nitrogen and oxygen atoms in total. The molecule has 2 saturated heterocycles. The molecule has 0 bridgehead atoms. The minimum atomic E-state index is -3.64. The van der Waals surface area contributed by atoms with Gasteiger partial charge in [0.1, 0.15) is 0 Å². The molecule has 2 heterocycles. The maximum atomic E-state index is 13.0. The molecular formula is C21H31N3O4S. The van der Waals surface area contributed by atoms with Crippen molar-refractivity contribution in [3.05, 3.63) is 29.8 Å². The third kappa shape index (κ3) is 5.36. The predicted octanol–water partition coefficient (Wildman–Crippen LogP) is 2.10. The number of amides is 2. The van der Waals surface area contributed by atoms with Crippen LogP contribution in [0, 0.1) is 11.8 Å². The summed E-state index contributed by atoms with van der Waals surface area (Å²) in [6.45, 7) is 6.95. The van der Waals surface area contributed by atoms with E-state index >= 15 is 0 Å². The summed E-state index contributed by atoms with van der Waals surface area (Å²) in [6, 6.07) is 6.15.